The van der Waals surface area contributed by atoms with E-state index < -0.39 is 0 Å². The number of hydrogen-bond acceptors (Lipinski definition) is 4. The van der Waals surface area contributed by atoms with E-state index in [2.05, 4.69) is 11.4 Å². The van der Waals surface area contributed by atoms with E-state index in [1.165, 1.54) is 5.56 Å². The second kappa shape index (κ2) is 6.18. The largest absolute Gasteiger partial charge is 0.508 e. The number of rotatable bonds is 6. The molecule has 1 aliphatic rings. The third-order valence-electron chi connectivity index (χ3n) is 3.52. The molecule has 4 heteroatoms. The van der Waals surface area contributed by atoms with Crippen LogP contribution in [0.1, 0.15) is 23.6 Å². The van der Waals surface area contributed by atoms with Crippen LogP contribution in [-0.4, -0.2) is 38.6 Å². The lowest BCUT2D eigenvalue weighted by molar-refractivity contribution is 0.0273. The molecule has 2 unspecified atom stereocenters. The molecule has 18 heavy (non-hydrogen) atoms. The maximum absolute atomic E-state index is 9.78. The lowest BCUT2D eigenvalue weighted by atomic mass is 10.1. The van der Waals surface area contributed by atoms with Crippen LogP contribution in [0.25, 0.3) is 0 Å². The summed E-state index contributed by atoms with van der Waals surface area (Å²) >= 11 is 0. The number of nitrogens with one attached hydrogen (secondary N) is 1. The van der Waals surface area contributed by atoms with Gasteiger partial charge in [-0.2, -0.15) is 0 Å². The third kappa shape index (κ3) is 2.83. The van der Waals surface area contributed by atoms with Gasteiger partial charge in [-0.15, -0.1) is 0 Å². The predicted octanol–water partition coefficient (Wildman–Crippen LogP) is 1.63. The molecular formula is C14H21NO3. The van der Waals surface area contributed by atoms with Crippen molar-refractivity contribution in [3.8, 4) is 5.75 Å². The van der Waals surface area contributed by atoms with Crippen molar-refractivity contribution in [1.82, 2.24) is 5.32 Å². The minimum atomic E-state index is 0.0661. The summed E-state index contributed by atoms with van der Waals surface area (Å²) in [5, 5.41) is 13.3. The number of benzene rings is 1. The van der Waals surface area contributed by atoms with Gasteiger partial charge >= 0.3 is 0 Å². The Morgan fingerprint density at radius 3 is 3.00 bits per heavy atom. The van der Waals surface area contributed by atoms with Crippen molar-refractivity contribution in [3.63, 3.8) is 0 Å². The number of phenols is 1. The van der Waals surface area contributed by atoms with Crippen LogP contribution in [0, 0.1) is 0 Å². The summed E-state index contributed by atoms with van der Waals surface area (Å²) in [5.74, 6) is 0.414. The number of fused-ring (bicyclic) bond motifs is 1. The Balaban J connectivity index is 1.95. The van der Waals surface area contributed by atoms with Crippen molar-refractivity contribution in [2.45, 2.75) is 25.0 Å². The summed E-state index contributed by atoms with van der Waals surface area (Å²) in [6.45, 7) is 1.34. The molecule has 0 heterocycles. The highest BCUT2D eigenvalue weighted by Gasteiger charge is 2.24. The lowest BCUT2D eigenvalue weighted by Crippen LogP contribution is -2.33. The minimum absolute atomic E-state index is 0.0661. The second-order valence-electron chi connectivity index (χ2n) is 4.66. The van der Waals surface area contributed by atoms with Crippen LogP contribution >= 0.6 is 0 Å². The molecule has 1 aliphatic carbocycles. The Morgan fingerprint density at radius 1 is 1.44 bits per heavy atom. The van der Waals surface area contributed by atoms with E-state index in [1.54, 1.807) is 20.3 Å². The van der Waals surface area contributed by atoms with Crippen LogP contribution in [0.15, 0.2) is 18.2 Å². The van der Waals surface area contributed by atoms with Gasteiger partial charge in [-0.05, 0) is 30.0 Å². The molecule has 0 fully saturated rings. The molecule has 0 radical (unpaired) electrons. The summed E-state index contributed by atoms with van der Waals surface area (Å²) in [4.78, 5) is 0. The topological polar surface area (TPSA) is 50.7 Å². The normalized spacial score (nSPS) is 19.8. The van der Waals surface area contributed by atoms with Gasteiger partial charge in [0, 0.05) is 26.8 Å². The molecule has 0 bridgehead atoms. The Bertz CT molecular complexity index is 395. The van der Waals surface area contributed by atoms with Gasteiger partial charge < -0.3 is 19.9 Å². The van der Waals surface area contributed by atoms with Crippen molar-refractivity contribution >= 4 is 0 Å². The average Bonchev–Trinajstić information content (AvgIpc) is 2.79. The molecule has 2 N–H and O–H groups in total. The van der Waals surface area contributed by atoms with Gasteiger partial charge in [-0.3, -0.25) is 0 Å². The van der Waals surface area contributed by atoms with Gasteiger partial charge in [-0.25, -0.2) is 0 Å². The molecule has 0 aromatic heterocycles. The van der Waals surface area contributed by atoms with Crippen LogP contribution < -0.4 is 5.32 Å². The Morgan fingerprint density at radius 2 is 2.28 bits per heavy atom. The highest BCUT2D eigenvalue weighted by molar-refractivity contribution is 5.44. The first-order valence-electron chi connectivity index (χ1n) is 6.32. The van der Waals surface area contributed by atoms with E-state index in [0.717, 1.165) is 24.9 Å². The summed E-state index contributed by atoms with van der Waals surface area (Å²) in [5.41, 5.74) is 2.29. The smallest absolute Gasteiger partial charge is 0.119 e. The highest BCUT2D eigenvalue weighted by atomic mass is 16.5. The molecule has 2 atom stereocenters. The quantitative estimate of drug-likeness (QED) is 0.807. The molecule has 0 spiro atoms. The van der Waals surface area contributed by atoms with Crippen molar-refractivity contribution in [2.75, 3.05) is 27.4 Å². The van der Waals surface area contributed by atoms with Crippen molar-refractivity contribution in [3.05, 3.63) is 29.3 Å². The minimum Gasteiger partial charge on any atom is -0.508 e. The summed E-state index contributed by atoms with van der Waals surface area (Å²) < 4.78 is 10.4. The average molecular weight is 251 g/mol. The fraction of sp³-hybridized carbons (Fsp3) is 0.571. The van der Waals surface area contributed by atoms with Gasteiger partial charge in [0.1, 0.15) is 5.75 Å². The fourth-order valence-electron chi connectivity index (χ4n) is 2.52. The summed E-state index contributed by atoms with van der Waals surface area (Å²) in [6.07, 6.45) is 2.02. The van der Waals surface area contributed by atoms with E-state index in [1.807, 2.05) is 6.07 Å². The maximum atomic E-state index is 9.78. The molecule has 0 aliphatic heterocycles. The number of phenolic OH excluding ortho intramolecular Hbond substituents is 1. The van der Waals surface area contributed by atoms with Crippen molar-refractivity contribution in [1.29, 1.82) is 0 Å². The molecule has 100 valence electrons. The van der Waals surface area contributed by atoms with Gasteiger partial charge in [0.25, 0.3) is 0 Å². The number of ether oxygens (including phenoxy) is 2. The summed E-state index contributed by atoms with van der Waals surface area (Å²) in [7, 11) is 3.37. The Kier molecular flexibility index (Phi) is 4.58. The lowest BCUT2D eigenvalue weighted by Gasteiger charge is -2.19. The molecule has 4 nitrogen and oxygen atoms in total. The zero-order valence-corrected chi connectivity index (χ0v) is 11.0. The van der Waals surface area contributed by atoms with E-state index in [4.69, 9.17) is 9.47 Å². The molecule has 0 saturated heterocycles. The van der Waals surface area contributed by atoms with E-state index in [-0.39, 0.29) is 6.10 Å². The van der Waals surface area contributed by atoms with Gasteiger partial charge in [0.15, 0.2) is 0 Å². The molecule has 1 aromatic carbocycles. The number of methoxy groups -OCH3 is 2. The standard InChI is InChI=1S/C14H21NO3/c1-17-9-10(18-2)8-15-13-7-6-12-11(13)4-3-5-14(12)16/h3-5,10,13,15-16H,6-9H2,1-2H3. The van der Waals surface area contributed by atoms with Crippen molar-refractivity contribution in [2.24, 2.45) is 0 Å². The fourth-order valence-corrected chi connectivity index (χ4v) is 2.52. The predicted molar refractivity (Wildman–Crippen MR) is 69.8 cm³/mol. The third-order valence-corrected chi connectivity index (χ3v) is 3.52. The molecule has 0 saturated carbocycles. The zero-order chi connectivity index (χ0) is 13.0. The van der Waals surface area contributed by atoms with Crippen LogP contribution in [0.4, 0.5) is 0 Å². The summed E-state index contributed by atoms with van der Waals surface area (Å²) in [6, 6.07) is 6.04. The number of aromatic hydroxyl groups is 1. The highest BCUT2D eigenvalue weighted by Crippen LogP contribution is 2.36. The first kappa shape index (κ1) is 13.3. The number of hydrogen-bond donors (Lipinski definition) is 2. The Hall–Kier alpha value is -1.10. The van der Waals surface area contributed by atoms with E-state index in [9.17, 15) is 5.11 Å². The van der Waals surface area contributed by atoms with Gasteiger partial charge in [0.05, 0.1) is 12.7 Å². The second-order valence-corrected chi connectivity index (χ2v) is 4.66. The Labute approximate surface area is 108 Å². The van der Waals surface area contributed by atoms with E-state index >= 15 is 0 Å². The molecule has 0 amide bonds. The van der Waals surface area contributed by atoms with Crippen LogP contribution in [0.2, 0.25) is 0 Å². The first-order chi connectivity index (χ1) is 8.76. The van der Waals surface area contributed by atoms with Crippen LogP contribution in [0.3, 0.4) is 0 Å². The molecule has 2 rings (SSSR count). The van der Waals surface area contributed by atoms with Crippen LogP contribution in [0.5, 0.6) is 5.75 Å². The molecule has 1 aromatic rings. The molecular weight excluding hydrogens is 230 g/mol. The zero-order valence-electron chi connectivity index (χ0n) is 11.0. The first-order valence-corrected chi connectivity index (χ1v) is 6.32. The monoisotopic (exact) mass is 251 g/mol. The van der Waals surface area contributed by atoms with Gasteiger partial charge in [0.2, 0.25) is 0 Å². The van der Waals surface area contributed by atoms with Gasteiger partial charge in [-0.1, -0.05) is 12.1 Å². The SMILES string of the molecule is COCC(CNC1CCc2c(O)cccc21)OC. The van der Waals surface area contributed by atoms with E-state index in [0.29, 0.717) is 18.4 Å². The van der Waals surface area contributed by atoms with Crippen LogP contribution in [-0.2, 0) is 15.9 Å². The maximum Gasteiger partial charge on any atom is 0.119 e. The van der Waals surface area contributed by atoms with Crippen molar-refractivity contribution < 1.29 is 14.6 Å².